The van der Waals surface area contributed by atoms with Crippen LogP contribution in [0.1, 0.15) is 20.8 Å². The lowest BCUT2D eigenvalue weighted by Gasteiger charge is -2.17. The van der Waals surface area contributed by atoms with Gasteiger partial charge in [-0.05, 0) is 24.3 Å². The number of hydrogen-bond donors (Lipinski definition) is 2. The molecule has 4 heteroatoms. The number of carbonyl (C=O) groups excluding carboxylic acids is 2. The minimum absolute atomic E-state index is 0.0496. The molecule has 91 valence electrons. The Labute approximate surface area is 101 Å². The minimum Gasteiger partial charge on any atom is -0.326 e. The lowest BCUT2D eigenvalue weighted by Crippen LogP contribution is -2.27. The molecule has 0 aromatic heterocycles. The van der Waals surface area contributed by atoms with Gasteiger partial charge in [0.2, 0.25) is 11.8 Å². The fraction of sp³-hybridized carbons (Fsp3) is 0.308. The molecule has 0 saturated carbocycles. The van der Waals surface area contributed by atoms with Crippen molar-refractivity contribution in [2.45, 2.75) is 20.8 Å². The van der Waals surface area contributed by atoms with Crippen LogP contribution in [0.3, 0.4) is 0 Å². The standard InChI is InChI=1S/C13H17N2O2/c1-9(16)14-10-5-7-11(8-6-10)15-12(17)13(2,3)4/h5-8H,1H2,2-4H3,(H,14,16)(H,15,17). The average molecular weight is 233 g/mol. The molecule has 0 saturated heterocycles. The van der Waals surface area contributed by atoms with Crippen LogP contribution >= 0.6 is 0 Å². The normalized spacial score (nSPS) is 10.8. The van der Waals surface area contributed by atoms with Crippen molar-refractivity contribution in [1.29, 1.82) is 0 Å². The van der Waals surface area contributed by atoms with Crippen LogP contribution in [0, 0.1) is 12.3 Å². The highest BCUT2D eigenvalue weighted by molar-refractivity contribution is 5.96. The Hall–Kier alpha value is -1.84. The molecular weight excluding hydrogens is 216 g/mol. The molecule has 1 aromatic carbocycles. The number of carbonyl (C=O) groups is 2. The first-order valence-electron chi connectivity index (χ1n) is 5.33. The number of amides is 2. The zero-order valence-corrected chi connectivity index (χ0v) is 10.3. The van der Waals surface area contributed by atoms with Crippen molar-refractivity contribution in [3.8, 4) is 0 Å². The molecule has 2 amide bonds. The largest absolute Gasteiger partial charge is 0.326 e. The molecule has 4 nitrogen and oxygen atoms in total. The Morgan fingerprint density at radius 3 is 1.76 bits per heavy atom. The predicted molar refractivity (Wildman–Crippen MR) is 68.5 cm³/mol. The van der Waals surface area contributed by atoms with E-state index in [4.69, 9.17) is 0 Å². The molecule has 0 atom stereocenters. The fourth-order valence-electron chi connectivity index (χ4n) is 1.12. The first kappa shape index (κ1) is 13.2. The zero-order chi connectivity index (χ0) is 13.1. The van der Waals surface area contributed by atoms with Crippen LogP contribution in [-0.4, -0.2) is 11.8 Å². The zero-order valence-electron chi connectivity index (χ0n) is 10.3. The van der Waals surface area contributed by atoms with Crippen LogP contribution in [0.2, 0.25) is 0 Å². The topological polar surface area (TPSA) is 58.2 Å². The van der Waals surface area contributed by atoms with E-state index in [9.17, 15) is 9.59 Å². The Morgan fingerprint density at radius 1 is 1.00 bits per heavy atom. The maximum atomic E-state index is 11.7. The predicted octanol–water partition coefficient (Wildman–Crippen LogP) is 2.44. The Morgan fingerprint density at radius 2 is 1.41 bits per heavy atom. The van der Waals surface area contributed by atoms with Gasteiger partial charge in [0.25, 0.3) is 0 Å². The molecule has 1 rings (SSSR count). The van der Waals surface area contributed by atoms with Crippen LogP contribution in [0.5, 0.6) is 0 Å². The lowest BCUT2D eigenvalue weighted by molar-refractivity contribution is -0.123. The SMILES string of the molecule is [CH2]C(=O)Nc1ccc(NC(=O)C(C)(C)C)cc1. The highest BCUT2D eigenvalue weighted by atomic mass is 16.2. The molecule has 0 aliphatic rings. The van der Waals surface area contributed by atoms with E-state index in [0.717, 1.165) is 0 Å². The monoisotopic (exact) mass is 233 g/mol. The highest BCUT2D eigenvalue weighted by Crippen LogP contribution is 2.18. The molecule has 2 N–H and O–H groups in total. The van der Waals surface area contributed by atoms with Gasteiger partial charge in [-0.25, -0.2) is 0 Å². The van der Waals surface area contributed by atoms with Gasteiger partial charge in [-0.2, -0.15) is 0 Å². The van der Waals surface area contributed by atoms with Crippen molar-refractivity contribution < 1.29 is 9.59 Å². The van der Waals surface area contributed by atoms with E-state index in [-0.39, 0.29) is 11.8 Å². The van der Waals surface area contributed by atoms with Gasteiger partial charge in [0.1, 0.15) is 0 Å². The summed E-state index contributed by atoms with van der Waals surface area (Å²) in [6.45, 7) is 8.76. The van der Waals surface area contributed by atoms with Crippen LogP contribution in [0.15, 0.2) is 24.3 Å². The molecule has 0 aliphatic carbocycles. The van der Waals surface area contributed by atoms with Crippen LogP contribution < -0.4 is 10.6 Å². The van der Waals surface area contributed by atoms with Crippen LogP contribution in [0.25, 0.3) is 0 Å². The summed E-state index contributed by atoms with van der Waals surface area (Å²) in [5, 5.41) is 5.35. The van der Waals surface area contributed by atoms with Crippen molar-refractivity contribution in [3.05, 3.63) is 31.2 Å². The van der Waals surface area contributed by atoms with Crippen molar-refractivity contribution in [2.75, 3.05) is 10.6 Å². The van der Waals surface area contributed by atoms with E-state index in [1.807, 2.05) is 20.8 Å². The highest BCUT2D eigenvalue weighted by Gasteiger charge is 2.20. The molecule has 0 aliphatic heterocycles. The van der Waals surface area contributed by atoms with Gasteiger partial charge in [0.05, 0.1) is 0 Å². The van der Waals surface area contributed by atoms with Gasteiger partial charge in [0.15, 0.2) is 0 Å². The van der Waals surface area contributed by atoms with E-state index in [1.165, 1.54) is 0 Å². The Kier molecular flexibility index (Phi) is 3.89. The summed E-state index contributed by atoms with van der Waals surface area (Å²) in [5.41, 5.74) is 0.922. The molecule has 0 spiro atoms. The molecule has 0 unspecified atom stereocenters. The fourth-order valence-corrected chi connectivity index (χ4v) is 1.12. The number of rotatable bonds is 2. The second kappa shape index (κ2) is 4.99. The minimum atomic E-state index is -0.430. The van der Waals surface area contributed by atoms with Crippen molar-refractivity contribution in [1.82, 2.24) is 0 Å². The third-order valence-corrected chi connectivity index (χ3v) is 2.11. The molecule has 0 bridgehead atoms. The van der Waals surface area contributed by atoms with Gasteiger partial charge in [0, 0.05) is 23.7 Å². The van der Waals surface area contributed by atoms with Crippen molar-refractivity contribution in [2.24, 2.45) is 5.41 Å². The number of anilines is 2. The summed E-state index contributed by atoms with van der Waals surface area (Å²) < 4.78 is 0. The number of nitrogens with one attached hydrogen (secondary N) is 2. The molecule has 1 radical (unpaired) electrons. The number of hydrogen-bond acceptors (Lipinski definition) is 2. The molecule has 0 fully saturated rings. The second-order valence-corrected chi connectivity index (χ2v) is 4.83. The first-order chi connectivity index (χ1) is 7.79. The van der Waals surface area contributed by atoms with E-state index >= 15 is 0 Å². The van der Waals surface area contributed by atoms with E-state index < -0.39 is 5.41 Å². The second-order valence-electron chi connectivity index (χ2n) is 4.83. The first-order valence-corrected chi connectivity index (χ1v) is 5.33. The summed E-state index contributed by atoms with van der Waals surface area (Å²) in [5.74, 6) is -0.414. The van der Waals surface area contributed by atoms with Gasteiger partial charge < -0.3 is 10.6 Å². The molecular formula is C13H17N2O2. The maximum absolute atomic E-state index is 11.7. The third kappa shape index (κ3) is 4.26. The van der Waals surface area contributed by atoms with Crippen LogP contribution in [-0.2, 0) is 9.59 Å². The van der Waals surface area contributed by atoms with Gasteiger partial charge in [-0.1, -0.05) is 20.8 Å². The van der Waals surface area contributed by atoms with Crippen molar-refractivity contribution in [3.63, 3.8) is 0 Å². The molecule has 17 heavy (non-hydrogen) atoms. The summed E-state index contributed by atoms with van der Waals surface area (Å²) in [4.78, 5) is 22.4. The summed E-state index contributed by atoms with van der Waals surface area (Å²) >= 11 is 0. The lowest BCUT2D eigenvalue weighted by atomic mass is 9.95. The van der Waals surface area contributed by atoms with E-state index in [0.29, 0.717) is 11.4 Å². The maximum Gasteiger partial charge on any atom is 0.229 e. The van der Waals surface area contributed by atoms with Gasteiger partial charge in [-0.15, -0.1) is 0 Å². The summed E-state index contributed by atoms with van der Waals surface area (Å²) in [6.07, 6.45) is 0. The van der Waals surface area contributed by atoms with E-state index in [1.54, 1.807) is 24.3 Å². The summed E-state index contributed by atoms with van der Waals surface area (Å²) in [7, 11) is 0. The Balaban J connectivity index is 2.69. The molecule has 1 aromatic rings. The van der Waals surface area contributed by atoms with Crippen molar-refractivity contribution >= 4 is 23.2 Å². The third-order valence-electron chi connectivity index (χ3n) is 2.11. The summed E-state index contributed by atoms with van der Waals surface area (Å²) in [6, 6.07) is 6.88. The quantitative estimate of drug-likeness (QED) is 0.824. The van der Waals surface area contributed by atoms with Gasteiger partial charge in [-0.3, -0.25) is 9.59 Å². The van der Waals surface area contributed by atoms with E-state index in [2.05, 4.69) is 17.6 Å². The Bertz CT molecular complexity index is 416. The smallest absolute Gasteiger partial charge is 0.229 e. The van der Waals surface area contributed by atoms with Crippen LogP contribution in [0.4, 0.5) is 11.4 Å². The average Bonchev–Trinajstić information content (AvgIpc) is 2.18. The number of benzene rings is 1. The molecule has 0 heterocycles. The van der Waals surface area contributed by atoms with Gasteiger partial charge >= 0.3 is 0 Å².